The number of ether oxygens (including phenoxy) is 2. The summed E-state index contributed by atoms with van der Waals surface area (Å²) in [5.41, 5.74) is 1.10. The van der Waals surface area contributed by atoms with Gasteiger partial charge in [0.15, 0.2) is 0 Å². The first-order valence-electron chi connectivity index (χ1n) is 6.75. The van der Waals surface area contributed by atoms with Crippen molar-refractivity contribution in [1.82, 2.24) is 0 Å². The number of hydrogen-bond acceptors (Lipinski definition) is 3. The normalized spacial score (nSPS) is 10.1. The standard InChI is InChI=1S/C17H18O3/c1-2-19-15-11-8-14(9-12-15)10-13-17(18)20-16-6-4-3-5-7-16/h3-9,11-12H,2,10,13H2,1H3. The van der Waals surface area contributed by atoms with Gasteiger partial charge < -0.3 is 9.47 Å². The molecule has 0 N–H and O–H groups in total. The van der Waals surface area contributed by atoms with E-state index in [0.717, 1.165) is 11.3 Å². The van der Waals surface area contributed by atoms with Gasteiger partial charge in [-0.2, -0.15) is 0 Å². The first-order chi connectivity index (χ1) is 9.78. The van der Waals surface area contributed by atoms with Crippen molar-refractivity contribution in [3.05, 3.63) is 60.2 Å². The Hall–Kier alpha value is -2.29. The van der Waals surface area contributed by atoms with Crippen LogP contribution >= 0.6 is 0 Å². The van der Waals surface area contributed by atoms with Gasteiger partial charge in [-0.3, -0.25) is 4.79 Å². The molecular weight excluding hydrogens is 252 g/mol. The molecule has 0 aliphatic carbocycles. The molecule has 0 spiro atoms. The maximum Gasteiger partial charge on any atom is 0.311 e. The van der Waals surface area contributed by atoms with Crippen molar-refractivity contribution < 1.29 is 14.3 Å². The van der Waals surface area contributed by atoms with Gasteiger partial charge in [-0.05, 0) is 43.2 Å². The summed E-state index contributed by atoms with van der Waals surface area (Å²) in [7, 11) is 0. The molecule has 0 atom stereocenters. The molecule has 3 nitrogen and oxygen atoms in total. The Balaban J connectivity index is 1.81. The molecule has 0 radical (unpaired) electrons. The van der Waals surface area contributed by atoms with E-state index in [4.69, 9.17) is 9.47 Å². The molecule has 2 aromatic carbocycles. The summed E-state index contributed by atoms with van der Waals surface area (Å²) in [5.74, 6) is 1.22. The summed E-state index contributed by atoms with van der Waals surface area (Å²) in [6.07, 6.45) is 1.03. The Morgan fingerprint density at radius 1 is 0.950 bits per heavy atom. The topological polar surface area (TPSA) is 35.5 Å². The van der Waals surface area contributed by atoms with Crippen molar-refractivity contribution in [3.8, 4) is 11.5 Å². The second kappa shape index (κ2) is 7.34. The SMILES string of the molecule is CCOc1ccc(CCC(=O)Oc2ccccc2)cc1. The average Bonchev–Trinajstić information content (AvgIpc) is 2.48. The predicted octanol–water partition coefficient (Wildman–Crippen LogP) is 3.62. The smallest absolute Gasteiger partial charge is 0.311 e. The summed E-state index contributed by atoms with van der Waals surface area (Å²) >= 11 is 0. The van der Waals surface area contributed by atoms with Gasteiger partial charge in [-0.25, -0.2) is 0 Å². The number of carbonyl (C=O) groups is 1. The van der Waals surface area contributed by atoms with Gasteiger partial charge in [0.25, 0.3) is 0 Å². The molecule has 0 saturated carbocycles. The van der Waals surface area contributed by atoms with E-state index in [2.05, 4.69) is 0 Å². The minimum Gasteiger partial charge on any atom is -0.494 e. The predicted molar refractivity (Wildman–Crippen MR) is 78.0 cm³/mol. The van der Waals surface area contributed by atoms with E-state index >= 15 is 0 Å². The van der Waals surface area contributed by atoms with Crippen LogP contribution in [0.25, 0.3) is 0 Å². The quantitative estimate of drug-likeness (QED) is 0.594. The Morgan fingerprint density at radius 3 is 2.30 bits per heavy atom. The second-order valence-corrected chi connectivity index (χ2v) is 4.36. The first kappa shape index (κ1) is 14.1. The van der Waals surface area contributed by atoms with Crippen LogP contribution in [0.3, 0.4) is 0 Å². The number of para-hydroxylation sites is 1. The van der Waals surface area contributed by atoms with Crippen molar-refractivity contribution in [1.29, 1.82) is 0 Å². The molecule has 0 aromatic heterocycles. The Morgan fingerprint density at radius 2 is 1.65 bits per heavy atom. The molecule has 0 bridgehead atoms. The minimum absolute atomic E-state index is 0.218. The van der Waals surface area contributed by atoms with Crippen LogP contribution in [0.5, 0.6) is 11.5 Å². The maximum atomic E-state index is 11.7. The zero-order chi connectivity index (χ0) is 14.2. The molecule has 0 heterocycles. The molecule has 0 unspecified atom stereocenters. The molecule has 104 valence electrons. The lowest BCUT2D eigenvalue weighted by molar-refractivity contribution is -0.134. The molecule has 0 aliphatic heterocycles. The zero-order valence-corrected chi connectivity index (χ0v) is 11.5. The second-order valence-electron chi connectivity index (χ2n) is 4.36. The summed E-state index contributed by atoms with van der Waals surface area (Å²) < 4.78 is 10.6. The van der Waals surface area contributed by atoms with E-state index in [1.54, 1.807) is 12.1 Å². The van der Waals surface area contributed by atoms with E-state index in [1.165, 1.54) is 0 Å². The number of rotatable bonds is 6. The van der Waals surface area contributed by atoms with Gasteiger partial charge in [0, 0.05) is 6.42 Å². The molecule has 2 aromatic rings. The van der Waals surface area contributed by atoms with E-state index in [1.807, 2.05) is 49.4 Å². The van der Waals surface area contributed by atoms with Gasteiger partial charge in [0.05, 0.1) is 6.61 Å². The van der Waals surface area contributed by atoms with Crippen LogP contribution in [0.4, 0.5) is 0 Å². The summed E-state index contributed by atoms with van der Waals surface area (Å²) in [5, 5.41) is 0. The van der Waals surface area contributed by atoms with Gasteiger partial charge in [0.1, 0.15) is 11.5 Å². The van der Waals surface area contributed by atoms with Crippen LogP contribution in [0.2, 0.25) is 0 Å². The third-order valence-corrected chi connectivity index (χ3v) is 2.83. The summed E-state index contributed by atoms with van der Waals surface area (Å²) in [6.45, 7) is 2.61. The molecule has 20 heavy (non-hydrogen) atoms. The van der Waals surface area contributed by atoms with Crippen LogP contribution in [0.1, 0.15) is 18.9 Å². The average molecular weight is 270 g/mol. The van der Waals surface area contributed by atoms with E-state index < -0.39 is 0 Å². The fourth-order valence-electron chi connectivity index (χ4n) is 1.84. The molecule has 0 saturated heterocycles. The Bertz CT molecular complexity index is 532. The van der Waals surface area contributed by atoms with Gasteiger partial charge in [-0.15, -0.1) is 0 Å². The highest BCUT2D eigenvalue weighted by molar-refractivity contribution is 5.72. The minimum atomic E-state index is -0.218. The van der Waals surface area contributed by atoms with Crippen LogP contribution in [-0.4, -0.2) is 12.6 Å². The van der Waals surface area contributed by atoms with Crippen molar-refractivity contribution in [3.63, 3.8) is 0 Å². The largest absolute Gasteiger partial charge is 0.494 e. The highest BCUT2D eigenvalue weighted by Gasteiger charge is 2.05. The third kappa shape index (κ3) is 4.43. The third-order valence-electron chi connectivity index (χ3n) is 2.83. The number of esters is 1. The zero-order valence-electron chi connectivity index (χ0n) is 11.5. The van der Waals surface area contributed by atoms with Crippen LogP contribution < -0.4 is 9.47 Å². The lowest BCUT2D eigenvalue weighted by Gasteiger charge is -2.06. The van der Waals surface area contributed by atoms with Crippen molar-refractivity contribution >= 4 is 5.97 Å². The van der Waals surface area contributed by atoms with Crippen molar-refractivity contribution in [2.75, 3.05) is 6.61 Å². The summed E-state index contributed by atoms with van der Waals surface area (Å²) in [4.78, 5) is 11.7. The van der Waals surface area contributed by atoms with Crippen LogP contribution in [-0.2, 0) is 11.2 Å². The van der Waals surface area contributed by atoms with E-state index in [9.17, 15) is 4.79 Å². The number of benzene rings is 2. The molecular formula is C17H18O3. The van der Waals surface area contributed by atoms with Crippen molar-refractivity contribution in [2.45, 2.75) is 19.8 Å². The van der Waals surface area contributed by atoms with Crippen LogP contribution in [0, 0.1) is 0 Å². The number of aryl methyl sites for hydroxylation is 1. The molecule has 0 amide bonds. The molecule has 0 fully saturated rings. The highest BCUT2D eigenvalue weighted by atomic mass is 16.5. The van der Waals surface area contributed by atoms with Crippen molar-refractivity contribution in [2.24, 2.45) is 0 Å². The Kier molecular flexibility index (Phi) is 5.18. The van der Waals surface area contributed by atoms with Gasteiger partial charge in [-0.1, -0.05) is 30.3 Å². The summed E-state index contributed by atoms with van der Waals surface area (Å²) in [6, 6.07) is 16.9. The number of carbonyl (C=O) groups excluding carboxylic acids is 1. The van der Waals surface area contributed by atoms with E-state index in [-0.39, 0.29) is 5.97 Å². The molecule has 3 heteroatoms. The van der Waals surface area contributed by atoms with Gasteiger partial charge in [0.2, 0.25) is 0 Å². The highest BCUT2D eigenvalue weighted by Crippen LogP contribution is 2.14. The maximum absolute atomic E-state index is 11.7. The Labute approximate surface area is 119 Å². The van der Waals surface area contributed by atoms with Crippen LogP contribution in [0.15, 0.2) is 54.6 Å². The molecule has 2 rings (SSSR count). The fraction of sp³-hybridized carbons (Fsp3) is 0.235. The van der Waals surface area contributed by atoms with Gasteiger partial charge >= 0.3 is 5.97 Å². The molecule has 0 aliphatic rings. The monoisotopic (exact) mass is 270 g/mol. The van der Waals surface area contributed by atoms with E-state index in [0.29, 0.717) is 25.2 Å². The lowest BCUT2D eigenvalue weighted by atomic mass is 10.1. The fourth-order valence-corrected chi connectivity index (χ4v) is 1.84. The number of hydrogen-bond donors (Lipinski definition) is 0. The first-order valence-corrected chi connectivity index (χ1v) is 6.75. The lowest BCUT2D eigenvalue weighted by Crippen LogP contribution is -2.08.